The highest BCUT2D eigenvalue weighted by atomic mass is 16.5. The predicted molar refractivity (Wildman–Crippen MR) is 220 cm³/mol. The molecule has 0 unspecified atom stereocenters. The molecule has 2 N–H and O–H groups in total. The lowest BCUT2D eigenvalue weighted by Crippen LogP contribution is -2.19. The van der Waals surface area contributed by atoms with Crippen LogP contribution in [0.2, 0.25) is 0 Å². The molecule has 4 heterocycles. The summed E-state index contributed by atoms with van der Waals surface area (Å²) < 4.78 is 13.1. The highest BCUT2D eigenvalue weighted by Gasteiger charge is 2.39. The highest BCUT2D eigenvalue weighted by molar-refractivity contribution is 6.01. The van der Waals surface area contributed by atoms with Crippen molar-refractivity contribution in [3.63, 3.8) is 0 Å². The number of fused-ring (bicyclic) bond motifs is 4. The van der Waals surface area contributed by atoms with Gasteiger partial charge in [-0.2, -0.15) is 0 Å². The number of hydrogen-bond donors (Lipinski definition) is 2. The van der Waals surface area contributed by atoms with E-state index in [0.29, 0.717) is 11.1 Å². The third kappa shape index (κ3) is 5.72. The Morgan fingerprint density at radius 1 is 0.648 bits per heavy atom. The largest absolute Gasteiger partial charge is 0.460 e. The molecule has 0 fully saturated rings. The van der Waals surface area contributed by atoms with Crippen molar-refractivity contribution in [3.8, 4) is 23.0 Å². The molecule has 4 aliphatic heterocycles. The Balaban J connectivity index is 1.08. The molecule has 0 saturated heterocycles. The molecule has 0 radical (unpaired) electrons. The average molecular weight is 715 g/mol. The second-order valence-corrected chi connectivity index (χ2v) is 16.9. The number of ether oxygens (including phenoxy) is 2. The Bertz CT molecular complexity index is 2270. The lowest BCUT2D eigenvalue weighted by Gasteiger charge is -2.29. The smallest absolute Gasteiger partial charge is 0.305 e. The first-order valence-electron chi connectivity index (χ1n) is 18.9. The molecule has 6 heteroatoms. The SMILES string of the molecule is CC(C)(C)C1=CC(=Cc2c(O)[c+](C=C3C=C(C(C)(C)C)Oc4cc(N5CCc6ccccc65)ccc43)[c+]2O)c2ccc(N3CCc4ccccc43)cc2O1. The first kappa shape index (κ1) is 33.9. The Labute approximate surface area is 317 Å². The first-order valence-corrected chi connectivity index (χ1v) is 18.9. The second-order valence-electron chi connectivity index (χ2n) is 16.9. The maximum Gasteiger partial charge on any atom is 0.305 e. The summed E-state index contributed by atoms with van der Waals surface area (Å²) in [5.41, 5.74) is 11.2. The van der Waals surface area contributed by atoms with Gasteiger partial charge < -0.3 is 29.5 Å². The van der Waals surface area contributed by atoms with E-state index < -0.39 is 0 Å². The van der Waals surface area contributed by atoms with Crippen LogP contribution in [0.15, 0.2) is 109 Å². The van der Waals surface area contributed by atoms with Crippen LogP contribution in [0.25, 0.3) is 23.3 Å². The minimum Gasteiger partial charge on any atom is -0.460 e. The van der Waals surface area contributed by atoms with E-state index >= 15 is 0 Å². The van der Waals surface area contributed by atoms with Crippen molar-refractivity contribution in [2.75, 3.05) is 22.9 Å². The van der Waals surface area contributed by atoms with Crippen LogP contribution < -0.4 is 19.3 Å². The van der Waals surface area contributed by atoms with Crippen molar-refractivity contribution in [3.05, 3.63) is 142 Å². The van der Waals surface area contributed by atoms with Gasteiger partial charge >= 0.3 is 11.5 Å². The van der Waals surface area contributed by atoms with Gasteiger partial charge in [0.15, 0.2) is 0 Å². The number of benzene rings is 4. The lowest BCUT2D eigenvalue weighted by molar-refractivity contribution is 0.291. The third-order valence-corrected chi connectivity index (χ3v) is 11.1. The van der Waals surface area contributed by atoms with Crippen molar-refractivity contribution < 1.29 is 19.7 Å². The van der Waals surface area contributed by atoms with Gasteiger partial charge in [-0.3, -0.25) is 0 Å². The molecule has 9 rings (SSSR count). The molecular formula is C48H46N2O4+2. The fraction of sp³-hybridized carbons (Fsp3) is 0.250. The molecule has 5 aromatic rings. The number of hydrogen-bond acceptors (Lipinski definition) is 6. The first-order chi connectivity index (χ1) is 25.8. The Kier molecular flexibility index (Phi) is 7.75. The predicted octanol–water partition coefficient (Wildman–Crippen LogP) is 11.6. The molecule has 0 bridgehead atoms. The summed E-state index contributed by atoms with van der Waals surface area (Å²) in [6, 6.07) is 29.7. The van der Waals surface area contributed by atoms with Crippen molar-refractivity contribution in [2.24, 2.45) is 10.8 Å². The molecule has 5 aromatic carbocycles. The number of aromatic hydroxyl groups is 2. The minimum absolute atomic E-state index is 0.0561. The molecular weight excluding hydrogens is 669 g/mol. The van der Waals surface area contributed by atoms with Gasteiger partial charge in [-0.05, 0) is 66.4 Å². The summed E-state index contributed by atoms with van der Waals surface area (Å²) in [5.74, 6) is 3.27. The van der Waals surface area contributed by atoms with Gasteiger partial charge in [0.2, 0.25) is 11.1 Å². The molecule has 270 valence electrons. The molecule has 0 saturated carbocycles. The van der Waals surface area contributed by atoms with Crippen LogP contribution in [0, 0.1) is 10.8 Å². The van der Waals surface area contributed by atoms with E-state index in [2.05, 4.69) is 136 Å². The van der Waals surface area contributed by atoms with E-state index in [9.17, 15) is 10.2 Å². The van der Waals surface area contributed by atoms with Crippen molar-refractivity contribution in [1.82, 2.24) is 0 Å². The molecule has 4 aliphatic rings. The summed E-state index contributed by atoms with van der Waals surface area (Å²) in [5, 5.41) is 23.1. The standard InChI is InChI=1S/C48H45N2O4/c1-47(2,3)43-25-31(35-17-15-33(27-41(35)53-43)49-21-19-29-11-7-9-13-39(29)49)23-37-45(51)38(46(37)52)24-32-26-44(48(4,5)6)54-42-28-34(16-18-36(32)42)50-22-20-30-12-8-10-14-40(30)50/h7-18,23-28,51H,19-22H2,1-6H3/q+1/p+1. The highest BCUT2D eigenvalue weighted by Crippen LogP contribution is 2.51. The number of anilines is 4. The summed E-state index contributed by atoms with van der Waals surface area (Å²) in [6.07, 6.45) is 9.81. The Hall–Kier alpha value is -5.88. The number of nitrogens with zero attached hydrogens (tertiary/aromatic N) is 2. The molecule has 0 spiro atoms. The number of allylic oxidation sites excluding steroid dienone is 6. The summed E-state index contributed by atoms with van der Waals surface area (Å²) in [7, 11) is 0. The van der Waals surface area contributed by atoms with Gasteiger partial charge in [-0.25, -0.2) is 0 Å². The molecule has 54 heavy (non-hydrogen) atoms. The minimum atomic E-state index is -0.262. The van der Waals surface area contributed by atoms with E-state index in [1.54, 1.807) is 0 Å². The summed E-state index contributed by atoms with van der Waals surface area (Å²) in [6.45, 7) is 14.6. The topological polar surface area (TPSA) is 65.4 Å². The van der Waals surface area contributed by atoms with Gasteiger partial charge in [-0.1, -0.05) is 77.9 Å². The van der Waals surface area contributed by atoms with E-state index in [-0.39, 0.29) is 22.3 Å². The molecule has 0 aliphatic carbocycles. The van der Waals surface area contributed by atoms with Crippen LogP contribution in [0.3, 0.4) is 0 Å². The normalized spacial score (nSPS) is 17.8. The molecule has 0 aromatic heterocycles. The monoisotopic (exact) mass is 714 g/mol. The number of rotatable bonds is 4. The van der Waals surface area contributed by atoms with Crippen LogP contribution in [0.1, 0.15) is 74.9 Å². The van der Waals surface area contributed by atoms with Gasteiger partial charge in [-0.15, -0.1) is 0 Å². The fourth-order valence-electron chi connectivity index (χ4n) is 7.96. The number of para-hydroxylation sites is 2. The fourth-order valence-corrected chi connectivity index (χ4v) is 7.96. The van der Waals surface area contributed by atoms with E-state index in [4.69, 9.17) is 9.47 Å². The van der Waals surface area contributed by atoms with Crippen LogP contribution in [0.5, 0.6) is 23.0 Å². The van der Waals surface area contributed by atoms with Crippen molar-refractivity contribution >= 4 is 46.0 Å². The lowest BCUT2D eigenvalue weighted by atomic mass is 9.86. The summed E-state index contributed by atoms with van der Waals surface area (Å²) >= 11 is 0. The Morgan fingerprint density at radius 3 is 1.63 bits per heavy atom. The van der Waals surface area contributed by atoms with Gasteiger partial charge in [0.1, 0.15) is 29.1 Å². The third-order valence-electron chi connectivity index (χ3n) is 11.1. The second kappa shape index (κ2) is 12.3. The maximum absolute atomic E-state index is 11.6. The molecule has 6 nitrogen and oxygen atoms in total. The zero-order chi connectivity index (χ0) is 37.5. The van der Waals surface area contributed by atoms with Crippen LogP contribution >= 0.6 is 0 Å². The van der Waals surface area contributed by atoms with Gasteiger partial charge in [0.05, 0.1) is 17.2 Å². The van der Waals surface area contributed by atoms with Crippen LogP contribution in [-0.4, -0.2) is 23.3 Å². The zero-order valence-corrected chi connectivity index (χ0v) is 31.8. The van der Waals surface area contributed by atoms with E-state index in [0.717, 1.165) is 82.6 Å². The summed E-state index contributed by atoms with van der Waals surface area (Å²) in [4.78, 5) is 4.68. The van der Waals surface area contributed by atoms with Crippen molar-refractivity contribution in [1.29, 1.82) is 0 Å². The average Bonchev–Trinajstić information content (AvgIpc) is 3.79. The van der Waals surface area contributed by atoms with Crippen LogP contribution in [0.4, 0.5) is 22.7 Å². The van der Waals surface area contributed by atoms with Crippen LogP contribution in [-0.2, 0) is 12.8 Å². The molecule has 0 amide bonds. The Morgan fingerprint density at radius 2 is 1.13 bits per heavy atom. The zero-order valence-electron chi connectivity index (χ0n) is 31.8. The molecule has 0 atom stereocenters. The van der Waals surface area contributed by atoms with Gasteiger partial charge in [0.25, 0.3) is 0 Å². The van der Waals surface area contributed by atoms with E-state index in [1.807, 2.05) is 24.3 Å². The van der Waals surface area contributed by atoms with E-state index in [1.165, 1.54) is 22.5 Å². The van der Waals surface area contributed by atoms with Gasteiger partial charge in [0, 0.05) is 76.0 Å². The maximum atomic E-state index is 11.6. The quantitative estimate of drug-likeness (QED) is 0.181. The van der Waals surface area contributed by atoms with Crippen molar-refractivity contribution in [2.45, 2.75) is 54.4 Å².